The number of hydrogen-bond donors (Lipinski definition) is 2. The van der Waals surface area contributed by atoms with Gasteiger partial charge in [0.1, 0.15) is 0 Å². The summed E-state index contributed by atoms with van der Waals surface area (Å²) < 4.78 is 0. The largest absolute Gasteiger partial charge is 0.356 e. The van der Waals surface area contributed by atoms with E-state index in [0.717, 1.165) is 45.0 Å². The van der Waals surface area contributed by atoms with E-state index in [1.807, 2.05) is 0 Å². The molecule has 0 unspecified atom stereocenters. The fourth-order valence-electron chi connectivity index (χ4n) is 2.07. The monoisotopic (exact) mass is 400 g/mol. The number of hydrogen-bond acceptors (Lipinski definition) is 2. The molecule has 4 nitrogen and oxygen atoms in total. The molecule has 2 N–H and O–H groups in total. The van der Waals surface area contributed by atoms with E-state index in [9.17, 15) is 9.59 Å². The smallest absolute Gasteiger partial charge is 0.220 e. The van der Waals surface area contributed by atoms with Crippen LogP contribution in [0.4, 0.5) is 0 Å². The molecule has 0 rings (SSSR count). The first-order valence-electron chi connectivity index (χ1n) is 9.36. The lowest BCUT2D eigenvalue weighted by molar-refractivity contribution is -0.126. The van der Waals surface area contributed by atoms with E-state index < -0.39 is 17.6 Å². The van der Waals surface area contributed by atoms with Crippen molar-refractivity contribution < 1.29 is 9.59 Å². The van der Waals surface area contributed by atoms with Crippen LogP contribution in [0.3, 0.4) is 0 Å². The van der Waals surface area contributed by atoms with Crippen LogP contribution in [0.5, 0.6) is 0 Å². The molecule has 0 aliphatic carbocycles. The van der Waals surface area contributed by atoms with Gasteiger partial charge in [0.2, 0.25) is 11.8 Å². The second-order valence-corrected chi connectivity index (χ2v) is 17.9. The first-order chi connectivity index (χ1) is 11.4. The molecule has 0 fully saturated rings. The second-order valence-electron chi connectivity index (χ2n) is 7.10. The van der Waals surface area contributed by atoms with Gasteiger partial charge in [-0.05, 0) is 12.8 Å². The topological polar surface area (TPSA) is 58.2 Å². The minimum atomic E-state index is -0.403. The molecule has 4 radical (unpaired) electrons. The molecule has 138 valence electrons. The Hall–Kier alpha value is -0.192. The lowest BCUT2D eigenvalue weighted by atomic mass is 10.2. The van der Waals surface area contributed by atoms with Crippen LogP contribution in [0.15, 0.2) is 0 Å². The van der Waals surface area contributed by atoms with Crippen LogP contribution in [0.25, 0.3) is 0 Å². The Kier molecular flexibility index (Phi) is 16.2. The summed E-state index contributed by atoms with van der Waals surface area (Å²) in [7, 11) is 1.31. The summed E-state index contributed by atoms with van der Waals surface area (Å²) in [6.07, 6.45) is 2.76. The number of nitrogens with one attached hydrogen (secondary N) is 2. The Balaban J connectivity index is 3.40. The zero-order valence-electron chi connectivity index (χ0n) is 16.0. The Morgan fingerprint density at radius 1 is 0.750 bits per heavy atom. The van der Waals surface area contributed by atoms with E-state index in [2.05, 4.69) is 36.8 Å². The van der Waals surface area contributed by atoms with Gasteiger partial charge in [-0.15, -0.1) is 0 Å². The van der Waals surface area contributed by atoms with Gasteiger partial charge in [-0.1, -0.05) is 49.6 Å². The molecule has 0 aromatic heterocycles. The summed E-state index contributed by atoms with van der Waals surface area (Å²) in [6.45, 7) is 11.0. The van der Waals surface area contributed by atoms with E-state index in [4.69, 9.17) is 0 Å². The molecule has 0 saturated heterocycles. The molecule has 0 atom stereocenters. The van der Waals surface area contributed by atoms with Gasteiger partial charge in [0.25, 0.3) is 0 Å². The average Bonchev–Trinajstić information content (AvgIpc) is 2.51. The maximum absolute atomic E-state index is 11.7. The van der Waals surface area contributed by atoms with Crippen LogP contribution in [0, 0.1) is 0 Å². The summed E-state index contributed by atoms with van der Waals surface area (Å²) in [4.78, 5) is 23.4. The average molecular weight is 401 g/mol. The van der Waals surface area contributed by atoms with Crippen LogP contribution in [0.1, 0.15) is 25.7 Å². The molecule has 24 heavy (non-hydrogen) atoms. The number of carbonyl (C=O) groups excluding carboxylic acids is 2. The van der Waals surface area contributed by atoms with Gasteiger partial charge in [-0.25, -0.2) is 0 Å². The summed E-state index contributed by atoms with van der Waals surface area (Å²) in [6, 6.07) is 2.46. The standard InChI is InChI=1S/C16H36N2O2Si4/c1-23(2)13-21-11-5-9-17-15(19)7-8-16(20)18-10-6-12-22-14-24(3)4/h23-24H,5-14H2,1-4H3,(H,17,19)(H,18,20). The lowest BCUT2D eigenvalue weighted by Gasteiger charge is -2.07. The van der Waals surface area contributed by atoms with Gasteiger partial charge >= 0.3 is 0 Å². The Morgan fingerprint density at radius 3 is 1.46 bits per heavy atom. The maximum Gasteiger partial charge on any atom is 0.220 e. The quantitative estimate of drug-likeness (QED) is 0.326. The zero-order chi connectivity index (χ0) is 18.2. The minimum Gasteiger partial charge on any atom is -0.356 e. The van der Waals surface area contributed by atoms with Crippen LogP contribution in [-0.2, 0) is 9.59 Å². The van der Waals surface area contributed by atoms with E-state index in [0.29, 0.717) is 12.8 Å². The highest BCUT2D eigenvalue weighted by atomic mass is 28.3. The Bertz CT molecular complexity index is 310. The predicted molar refractivity (Wildman–Crippen MR) is 113 cm³/mol. The van der Waals surface area contributed by atoms with Crippen LogP contribution in [0.2, 0.25) is 49.6 Å². The molecule has 0 aliphatic heterocycles. The van der Waals surface area contributed by atoms with E-state index >= 15 is 0 Å². The third-order valence-electron chi connectivity index (χ3n) is 3.39. The van der Waals surface area contributed by atoms with Crippen molar-refractivity contribution in [2.45, 2.75) is 75.3 Å². The van der Waals surface area contributed by atoms with Crippen molar-refractivity contribution >= 4 is 48.4 Å². The van der Waals surface area contributed by atoms with Crippen molar-refractivity contribution in [3.05, 3.63) is 0 Å². The van der Waals surface area contributed by atoms with Crippen LogP contribution >= 0.6 is 0 Å². The van der Waals surface area contributed by atoms with Crippen molar-refractivity contribution in [1.82, 2.24) is 10.6 Å². The van der Waals surface area contributed by atoms with Crippen molar-refractivity contribution in [2.75, 3.05) is 13.1 Å². The first-order valence-corrected chi connectivity index (χ1v) is 18.4. The van der Waals surface area contributed by atoms with E-state index in [-0.39, 0.29) is 11.8 Å². The van der Waals surface area contributed by atoms with E-state index in [1.165, 1.54) is 23.4 Å². The molecule has 0 spiro atoms. The number of amides is 2. The minimum absolute atomic E-state index is 0.00934. The molecule has 0 saturated carbocycles. The van der Waals surface area contributed by atoms with Crippen LogP contribution < -0.4 is 10.6 Å². The number of rotatable bonds is 15. The van der Waals surface area contributed by atoms with Crippen molar-refractivity contribution in [2.24, 2.45) is 0 Å². The molecular formula is C16H36N2O2Si4. The van der Waals surface area contributed by atoms with Gasteiger partial charge < -0.3 is 10.6 Å². The molecule has 0 aromatic carbocycles. The fourth-order valence-corrected chi connectivity index (χ4v) is 9.17. The fraction of sp³-hybridized carbons (Fsp3) is 0.875. The van der Waals surface area contributed by atoms with Gasteiger partial charge in [0.15, 0.2) is 0 Å². The molecule has 0 aromatic rings. The maximum atomic E-state index is 11.7. The molecule has 0 heterocycles. The molecule has 8 heteroatoms. The third kappa shape index (κ3) is 18.2. The van der Waals surface area contributed by atoms with Gasteiger partial charge in [0, 0.05) is 62.6 Å². The summed E-state index contributed by atoms with van der Waals surface area (Å²) >= 11 is 0. The second kappa shape index (κ2) is 16.3. The van der Waals surface area contributed by atoms with Gasteiger partial charge in [-0.3, -0.25) is 9.59 Å². The Labute approximate surface area is 157 Å². The molecule has 0 bridgehead atoms. The van der Waals surface area contributed by atoms with Crippen molar-refractivity contribution in [1.29, 1.82) is 0 Å². The SMILES string of the molecule is C[SiH](C)C[Si]CCCNC(=O)CCC(=O)NCCC[Si]C[SiH](C)C. The van der Waals surface area contributed by atoms with Crippen molar-refractivity contribution in [3.63, 3.8) is 0 Å². The lowest BCUT2D eigenvalue weighted by Crippen LogP contribution is -2.29. The van der Waals surface area contributed by atoms with Gasteiger partial charge in [0.05, 0.1) is 0 Å². The summed E-state index contributed by atoms with van der Waals surface area (Å²) in [5.74, 6) is 0.0187. The summed E-state index contributed by atoms with van der Waals surface area (Å²) in [5.41, 5.74) is 2.85. The molecule has 2 amide bonds. The van der Waals surface area contributed by atoms with Crippen LogP contribution in [-0.4, -0.2) is 61.5 Å². The van der Waals surface area contributed by atoms with Gasteiger partial charge in [-0.2, -0.15) is 0 Å². The molecular weight excluding hydrogens is 365 g/mol. The highest BCUT2D eigenvalue weighted by Gasteiger charge is 2.06. The third-order valence-corrected chi connectivity index (χ3v) is 13.6. The highest BCUT2D eigenvalue weighted by molar-refractivity contribution is 6.68. The van der Waals surface area contributed by atoms with E-state index in [1.54, 1.807) is 0 Å². The highest BCUT2D eigenvalue weighted by Crippen LogP contribution is 1.97. The zero-order valence-corrected chi connectivity index (χ0v) is 20.4. The van der Waals surface area contributed by atoms with Crippen molar-refractivity contribution in [3.8, 4) is 0 Å². The normalized spacial score (nSPS) is 11.1. The summed E-state index contributed by atoms with van der Waals surface area (Å²) in [5, 5.41) is 5.85. The molecule has 0 aliphatic rings. The predicted octanol–water partition coefficient (Wildman–Crippen LogP) is 1.91. The Morgan fingerprint density at radius 2 is 1.12 bits per heavy atom. The number of carbonyl (C=O) groups is 2. The first kappa shape index (κ1) is 23.8.